The Bertz CT molecular complexity index is 1690. The number of nitrogens with zero attached hydrogens (tertiary/aromatic N) is 1. The van der Waals surface area contributed by atoms with E-state index in [4.69, 9.17) is 9.40 Å². The molecule has 0 bridgehead atoms. The maximum atomic E-state index is 6.55. The summed E-state index contributed by atoms with van der Waals surface area (Å²) in [7, 11) is 0. The minimum atomic E-state index is 0.924. The number of para-hydroxylation sites is 1. The normalized spacial score (nSPS) is 13.2. The molecule has 0 radical (unpaired) electrons. The topological polar surface area (TPSA) is 26.0 Å². The van der Waals surface area contributed by atoms with Crippen molar-refractivity contribution in [2.24, 2.45) is 0 Å². The standard InChI is InChI=1S/C34H27NO/c1-2-7-23(8-3-1)21-24-13-15-25(16-14-24)27-17-18-29-30-11-6-12-31(34(30)36-32(29)22-27)33-28-10-5-4-9-26(28)19-20-35-33/h1-3,6-8,11-20,22H,4-5,9-10,21H2. The molecule has 0 saturated heterocycles. The van der Waals surface area contributed by atoms with E-state index >= 15 is 0 Å². The van der Waals surface area contributed by atoms with Crippen molar-refractivity contribution in [1.82, 2.24) is 4.98 Å². The smallest absolute Gasteiger partial charge is 0.144 e. The van der Waals surface area contributed by atoms with E-state index in [-0.39, 0.29) is 0 Å². The molecule has 2 heterocycles. The molecular weight excluding hydrogens is 438 g/mol. The Balaban J connectivity index is 1.27. The second-order valence-corrected chi connectivity index (χ2v) is 9.86. The van der Waals surface area contributed by atoms with Crippen molar-refractivity contribution in [2.45, 2.75) is 32.1 Å². The average Bonchev–Trinajstić information content (AvgIpc) is 3.32. The summed E-state index contributed by atoms with van der Waals surface area (Å²) < 4.78 is 6.55. The number of hydrogen-bond acceptors (Lipinski definition) is 2. The van der Waals surface area contributed by atoms with Crippen LogP contribution in [-0.4, -0.2) is 4.98 Å². The summed E-state index contributed by atoms with van der Waals surface area (Å²) in [5, 5.41) is 2.31. The Kier molecular flexibility index (Phi) is 5.17. The van der Waals surface area contributed by atoms with E-state index in [0.29, 0.717) is 0 Å². The van der Waals surface area contributed by atoms with Gasteiger partial charge in [0.2, 0.25) is 0 Å². The first kappa shape index (κ1) is 21.1. The Morgan fingerprint density at radius 3 is 2.36 bits per heavy atom. The van der Waals surface area contributed by atoms with Crippen LogP contribution in [0.4, 0.5) is 0 Å². The van der Waals surface area contributed by atoms with Gasteiger partial charge in [-0.2, -0.15) is 0 Å². The van der Waals surface area contributed by atoms with Gasteiger partial charge in [-0.25, -0.2) is 0 Å². The van der Waals surface area contributed by atoms with Crippen LogP contribution in [0.5, 0.6) is 0 Å². The number of aromatic nitrogens is 1. The molecule has 2 aromatic heterocycles. The molecule has 7 rings (SSSR count). The van der Waals surface area contributed by atoms with E-state index in [1.807, 2.05) is 6.20 Å². The van der Waals surface area contributed by atoms with Crippen molar-refractivity contribution >= 4 is 21.9 Å². The zero-order valence-electron chi connectivity index (χ0n) is 20.2. The fourth-order valence-electron chi connectivity index (χ4n) is 5.71. The Morgan fingerprint density at radius 2 is 1.47 bits per heavy atom. The van der Waals surface area contributed by atoms with E-state index in [1.165, 1.54) is 46.2 Å². The molecule has 0 saturated carbocycles. The summed E-state index contributed by atoms with van der Waals surface area (Å²) in [6, 6.07) is 34.7. The van der Waals surface area contributed by atoms with E-state index < -0.39 is 0 Å². The first-order valence-electron chi connectivity index (χ1n) is 12.9. The monoisotopic (exact) mass is 465 g/mol. The molecule has 1 aliphatic rings. The SMILES string of the molecule is c1ccc(Cc2ccc(-c3ccc4c(c3)oc3c(-c5nccc6c5CCCC6)cccc34)cc2)cc1. The molecule has 6 aromatic rings. The van der Waals surface area contributed by atoms with Gasteiger partial charge < -0.3 is 4.42 Å². The van der Waals surface area contributed by atoms with Crippen molar-refractivity contribution in [3.63, 3.8) is 0 Å². The highest BCUT2D eigenvalue weighted by Crippen LogP contribution is 2.39. The number of pyridine rings is 1. The maximum Gasteiger partial charge on any atom is 0.144 e. The molecule has 0 fully saturated rings. The van der Waals surface area contributed by atoms with Crippen molar-refractivity contribution in [1.29, 1.82) is 0 Å². The Labute approximate surface area is 211 Å². The zero-order valence-corrected chi connectivity index (χ0v) is 20.2. The lowest BCUT2D eigenvalue weighted by molar-refractivity contribution is 0.668. The highest BCUT2D eigenvalue weighted by Gasteiger charge is 2.19. The number of benzene rings is 4. The predicted octanol–water partition coefficient (Wildman–Crippen LogP) is 8.78. The molecule has 174 valence electrons. The Hall–Kier alpha value is -4.17. The number of aryl methyl sites for hydroxylation is 1. The largest absolute Gasteiger partial charge is 0.455 e. The molecule has 0 atom stereocenters. The molecule has 36 heavy (non-hydrogen) atoms. The summed E-state index contributed by atoms with van der Waals surface area (Å²) in [6.45, 7) is 0. The quantitative estimate of drug-likeness (QED) is 0.260. The Morgan fingerprint density at radius 1 is 0.667 bits per heavy atom. The first-order chi connectivity index (χ1) is 17.8. The van der Waals surface area contributed by atoms with Gasteiger partial charge in [-0.1, -0.05) is 72.8 Å². The van der Waals surface area contributed by atoms with Crippen LogP contribution in [0.1, 0.15) is 35.1 Å². The fraction of sp³-hybridized carbons (Fsp3) is 0.147. The highest BCUT2D eigenvalue weighted by molar-refractivity contribution is 6.10. The molecule has 0 unspecified atom stereocenters. The molecule has 0 amide bonds. The van der Waals surface area contributed by atoms with Crippen molar-refractivity contribution in [3.8, 4) is 22.4 Å². The number of furan rings is 1. The molecule has 1 aliphatic carbocycles. The molecular formula is C34H27NO. The van der Waals surface area contributed by atoms with Crippen LogP contribution >= 0.6 is 0 Å². The van der Waals surface area contributed by atoms with Crippen molar-refractivity contribution < 1.29 is 4.42 Å². The molecule has 2 heteroatoms. The molecule has 0 aliphatic heterocycles. The van der Waals surface area contributed by atoms with Gasteiger partial charge in [-0.15, -0.1) is 0 Å². The number of hydrogen-bond donors (Lipinski definition) is 0. The van der Waals surface area contributed by atoms with Gasteiger partial charge in [0.1, 0.15) is 11.2 Å². The zero-order chi connectivity index (χ0) is 23.9. The van der Waals surface area contributed by atoms with Crippen LogP contribution in [0.25, 0.3) is 44.3 Å². The highest BCUT2D eigenvalue weighted by atomic mass is 16.3. The van der Waals surface area contributed by atoms with Crippen molar-refractivity contribution in [3.05, 3.63) is 126 Å². The average molecular weight is 466 g/mol. The van der Waals surface area contributed by atoms with E-state index in [1.54, 1.807) is 0 Å². The van der Waals surface area contributed by atoms with E-state index in [2.05, 4.69) is 97.1 Å². The van der Waals surface area contributed by atoms with Gasteiger partial charge in [0.05, 0.1) is 5.69 Å². The molecule has 0 N–H and O–H groups in total. The lowest BCUT2D eigenvalue weighted by atomic mass is 9.89. The summed E-state index contributed by atoms with van der Waals surface area (Å²) in [4.78, 5) is 4.83. The minimum Gasteiger partial charge on any atom is -0.455 e. The second kappa shape index (κ2) is 8.80. The second-order valence-electron chi connectivity index (χ2n) is 9.86. The lowest BCUT2D eigenvalue weighted by Crippen LogP contribution is -2.05. The van der Waals surface area contributed by atoms with Gasteiger partial charge in [-0.3, -0.25) is 4.98 Å². The van der Waals surface area contributed by atoms with Gasteiger partial charge in [-0.05, 0) is 89.8 Å². The minimum absolute atomic E-state index is 0.924. The van der Waals surface area contributed by atoms with Gasteiger partial charge >= 0.3 is 0 Å². The van der Waals surface area contributed by atoms with Crippen LogP contribution in [0.2, 0.25) is 0 Å². The third kappa shape index (κ3) is 3.70. The summed E-state index contributed by atoms with van der Waals surface area (Å²) in [6.07, 6.45) is 7.65. The van der Waals surface area contributed by atoms with Crippen LogP contribution in [0, 0.1) is 0 Å². The summed E-state index contributed by atoms with van der Waals surface area (Å²) >= 11 is 0. The van der Waals surface area contributed by atoms with Crippen LogP contribution in [0.15, 0.2) is 108 Å². The summed E-state index contributed by atoms with van der Waals surface area (Å²) in [5.41, 5.74) is 11.9. The maximum absolute atomic E-state index is 6.55. The van der Waals surface area contributed by atoms with Gasteiger partial charge in [0.15, 0.2) is 0 Å². The van der Waals surface area contributed by atoms with Crippen LogP contribution in [0.3, 0.4) is 0 Å². The van der Waals surface area contributed by atoms with Crippen molar-refractivity contribution in [2.75, 3.05) is 0 Å². The molecule has 2 nitrogen and oxygen atoms in total. The number of fused-ring (bicyclic) bond motifs is 4. The third-order valence-electron chi connectivity index (χ3n) is 7.57. The summed E-state index contributed by atoms with van der Waals surface area (Å²) in [5.74, 6) is 0. The third-order valence-corrected chi connectivity index (χ3v) is 7.57. The van der Waals surface area contributed by atoms with Gasteiger partial charge in [0, 0.05) is 22.5 Å². The number of rotatable bonds is 4. The fourth-order valence-corrected chi connectivity index (χ4v) is 5.71. The molecule has 0 spiro atoms. The predicted molar refractivity (Wildman–Crippen MR) is 148 cm³/mol. The van der Waals surface area contributed by atoms with Crippen LogP contribution < -0.4 is 0 Å². The lowest BCUT2D eigenvalue weighted by Gasteiger charge is -2.18. The first-order valence-corrected chi connectivity index (χ1v) is 12.9. The van der Waals surface area contributed by atoms with Crippen LogP contribution in [-0.2, 0) is 19.3 Å². The van der Waals surface area contributed by atoms with E-state index in [0.717, 1.165) is 52.5 Å². The van der Waals surface area contributed by atoms with E-state index in [9.17, 15) is 0 Å². The van der Waals surface area contributed by atoms with Gasteiger partial charge in [0.25, 0.3) is 0 Å². The molecule has 4 aromatic carbocycles.